The third kappa shape index (κ3) is 4.81. The van der Waals surface area contributed by atoms with E-state index in [1.807, 2.05) is 30.5 Å². The van der Waals surface area contributed by atoms with Gasteiger partial charge in [-0.15, -0.1) is 0 Å². The second kappa shape index (κ2) is 8.12. The fourth-order valence-corrected chi connectivity index (χ4v) is 2.82. The Morgan fingerprint density at radius 1 is 1.33 bits per heavy atom. The summed E-state index contributed by atoms with van der Waals surface area (Å²) >= 11 is 3.51. The molecule has 21 heavy (non-hydrogen) atoms. The van der Waals surface area contributed by atoms with Gasteiger partial charge in [-0.1, -0.05) is 12.1 Å². The number of nitrogens with two attached hydrogens (primary N) is 1. The molecule has 3 N–H and O–H groups in total. The predicted molar refractivity (Wildman–Crippen MR) is 88.1 cm³/mol. The van der Waals surface area contributed by atoms with Gasteiger partial charge in [0, 0.05) is 17.9 Å². The summed E-state index contributed by atoms with van der Waals surface area (Å²) < 4.78 is 6.20. The topological polar surface area (TPSA) is 60.2 Å². The molecule has 1 unspecified atom stereocenters. The minimum absolute atomic E-state index is 0.215. The Bertz CT molecular complexity index is 563. The number of hydrazine groups is 1. The predicted octanol–water partition coefficient (Wildman–Crippen LogP) is 2.86. The maximum absolute atomic E-state index is 5.67. The Morgan fingerprint density at radius 3 is 2.81 bits per heavy atom. The van der Waals surface area contributed by atoms with Crippen LogP contribution in [0.4, 0.5) is 0 Å². The summed E-state index contributed by atoms with van der Waals surface area (Å²) in [6.07, 6.45) is 4.54. The van der Waals surface area contributed by atoms with Gasteiger partial charge in [0.25, 0.3) is 0 Å². The summed E-state index contributed by atoms with van der Waals surface area (Å²) in [5.74, 6) is 6.51. The molecule has 1 atom stereocenters. The number of benzene rings is 1. The van der Waals surface area contributed by atoms with Crippen LogP contribution in [-0.2, 0) is 12.8 Å². The molecule has 0 bridgehead atoms. The summed E-state index contributed by atoms with van der Waals surface area (Å²) in [5, 5.41) is 0. The molecule has 0 aliphatic heterocycles. The monoisotopic (exact) mass is 349 g/mol. The lowest BCUT2D eigenvalue weighted by molar-refractivity contribution is 0.411. The van der Waals surface area contributed by atoms with Crippen LogP contribution >= 0.6 is 15.9 Å². The van der Waals surface area contributed by atoms with Crippen molar-refractivity contribution < 1.29 is 4.74 Å². The minimum atomic E-state index is 0.215. The molecule has 5 heteroatoms. The van der Waals surface area contributed by atoms with E-state index >= 15 is 0 Å². The van der Waals surface area contributed by atoms with Crippen molar-refractivity contribution in [3.8, 4) is 5.75 Å². The zero-order valence-electron chi connectivity index (χ0n) is 12.1. The molecule has 1 heterocycles. The number of halogens is 1. The van der Waals surface area contributed by atoms with Crippen LogP contribution in [0, 0.1) is 0 Å². The number of aromatic nitrogens is 1. The third-order valence-corrected chi connectivity index (χ3v) is 4.03. The fraction of sp³-hybridized carbons (Fsp3) is 0.312. The van der Waals surface area contributed by atoms with Crippen LogP contribution in [0.5, 0.6) is 5.75 Å². The normalized spacial score (nSPS) is 12.1. The molecular formula is C16H20BrN3O. The van der Waals surface area contributed by atoms with Crippen molar-refractivity contribution in [1.82, 2.24) is 10.4 Å². The molecule has 2 rings (SSSR count). The van der Waals surface area contributed by atoms with Gasteiger partial charge < -0.3 is 4.74 Å². The molecule has 0 radical (unpaired) electrons. The van der Waals surface area contributed by atoms with Crippen molar-refractivity contribution in [1.29, 1.82) is 0 Å². The van der Waals surface area contributed by atoms with Crippen LogP contribution in [0.2, 0.25) is 0 Å². The molecule has 0 fully saturated rings. The first-order valence-corrected chi connectivity index (χ1v) is 7.70. The summed E-state index contributed by atoms with van der Waals surface area (Å²) in [7, 11) is 1.66. The average Bonchev–Trinajstić information content (AvgIpc) is 2.52. The lowest BCUT2D eigenvalue weighted by Crippen LogP contribution is -2.37. The van der Waals surface area contributed by atoms with Gasteiger partial charge >= 0.3 is 0 Å². The molecule has 0 saturated heterocycles. The van der Waals surface area contributed by atoms with Gasteiger partial charge in [0.1, 0.15) is 5.75 Å². The number of hydrogen-bond donors (Lipinski definition) is 2. The number of hydrogen-bond acceptors (Lipinski definition) is 4. The van der Waals surface area contributed by atoms with E-state index in [9.17, 15) is 0 Å². The van der Waals surface area contributed by atoms with E-state index in [0.29, 0.717) is 0 Å². The number of aryl methyl sites for hydroxylation is 1. The van der Waals surface area contributed by atoms with Crippen molar-refractivity contribution in [2.45, 2.75) is 25.3 Å². The molecule has 1 aromatic carbocycles. The zero-order chi connectivity index (χ0) is 15.1. The highest BCUT2D eigenvalue weighted by Gasteiger charge is 2.10. The Morgan fingerprint density at radius 2 is 2.19 bits per heavy atom. The first kappa shape index (κ1) is 15.9. The van der Waals surface area contributed by atoms with E-state index in [4.69, 9.17) is 10.6 Å². The highest BCUT2D eigenvalue weighted by atomic mass is 79.9. The number of nitrogens with one attached hydrogen (secondary N) is 1. The standard InChI is InChI=1S/C16H20BrN3O/c1-21-16-8-5-12(11-15(16)17)10-14(20-18)7-6-13-4-2-3-9-19-13/h2-5,8-9,11,14,20H,6-7,10,18H2,1H3. The molecule has 0 spiro atoms. The van der Waals surface area contributed by atoms with Crippen LogP contribution in [0.1, 0.15) is 17.7 Å². The van der Waals surface area contributed by atoms with Gasteiger partial charge in [0.05, 0.1) is 11.6 Å². The third-order valence-electron chi connectivity index (χ3n) is 3.41. The van der Waals surface area contributed by atoms with Crippen LogP contribution < -0.4 is 16.0 Å². The molecule has 0 aliphatic carbocycles. The van der Waals surface area contributed by atoms with E-state index in [0.717, 1.165) is 35.2 Å². The van der Waals surface area contributed by atoms with Gasteiger partial charge in [-0.05, 0) is 65.0 Å². The minimum Gasteiger partial charge on any atom is -0.496 e. The molecule has 0 aliphatic rings. The van der Waals surface area contributed by atoms with Crippen molar-refractivity contribution in [3.05, 3.63) is 58.3 Å². The second-order valence-corrected chi connectivity index (χ2v) is 5.75. The fourth-order valence-electron chi connectivity index (χ4n) is 2.23. The lowest BCUT2D eigenvalue weighted by Gasteiger charge is -2.16. The van der Waals surface area contributed by atoms with Gasteiger partial charge in [-0.2, -0.15) is 0 Å². The zero-order valence-corrected chi connectivity index (χ0v) is 13.6. The highest BCUT2D eigenvalue weighted by molar-refractivity contribution is 9.10. The molecule has 1 aromatic heterocycles. The van der Waals surface area contributed by atoms with E-state index in [1.165, 1.54) is 5.56 Å². The van der Waals surface area contributed by atoms with Crippen LogP contribution in [0.3, 0.4) is 0 Å². The smallest absolute Gasteiger partial charge is 0.133 e. The largest absolute Gasteiger partial charge is 0.496 e. The van der Waals surface area contributed by atoms with Crippen molar-refractivity contribution >= 4 is 15.9 Å². The quantitative estimate of drug-likeness (QED) is 0.596. The molecule has 0 saturated carbocycles. The Balaban J connectivity index is 1.94. The highest BCUT2D eigenvalue weighted by Crippen LogP contribution is 2.26. The first-order chi connectivity index (χ1) is 10.2. The van der Waals surface area contributed by atoms with Gasteiger partial charge in [0.2, 0.25) is 0 Å². The molecule has 4 nitrogen and oxygen atoms in total. The average molecular weight is 350 g/mol. The van der Waals surface area contributed by atoms with Crippen molar-refractivity contribution in [2.75, 3.05) is 7.11 Å². The molecule has 2 aromatic rings. The first-order valence-electron chi connectivity index (χ1n) is 6.91. The molecule has 0 amide bonds. The maximum atomic E-state index is 5.67. The Hall–Kier alpha value is -1.43. The maximum Gasteiger partial charge on any atom is 0.133 e. The lowest BCUT2D eigenvalue weighted by atomic mass is 10.0. The molecule has 112 valence electrons. The number of rotatable bonds is 7. The van der Waals surface area contributed by atoms with Crippen LogP contribution in [0.25, 0.3) is 0 Å². The SMILES string of the molecule is COc1ccc(CC(CCc2ccccn2)NN)cc1Br. The second-order valence-electron chi connectivity index (χ2n) is 4.90. The summed E-state index contributed by atoms with van der Waals surface area (Å²) in [5.41, 5.74) is 5.20. The van der Waals surface area contributed by atoms with Crippen LogP contribution in [-0.4, -0.2) is 18.1 Å². The van der Waals surface area contributed by atoms with Crippen LogP contribution in [0.15, 0.2) is 47.1 Å². The van der Waals surface area contributed by atoms with Gasteiger partial charge in [-0.3, -0.25) is 16.3 Å². The van der Waals surface area contributed by atoms with E-state index in [1.54, 1.807) is 7.11 Å². The number of methoxy groups -OCH3 is 1. The Labute approximate surface area is 133 Å². The van der Waals surface area contributed by atoms with E-state index in [2.05, 4.69) is 38.5 Å². The summed E-state index contributed by atoms with van der Waals surface area (Å²) in [6.45, 7) is 0. The number of ether oxygens (including phenoxy) is 1. The van der Waals surface area contributed by atoms with E-state index in [-0.39, 0.29) is 6.04 Å². The number of pyridine rings is 1. The van der Waals surface area contributed by atoms with E-state index < -0.39 is 0 Å². The van der Waals surface area contributed by atoms with Gasteiger partial charge in [-0.25, -0.2) is 0 Å². The molecular weight excluding hydrogens is 330 g/mol. The Kier molecular flexibility index (Phi) is 6.17. The number of nitrogens with zero attached hydrogens (tertiary/aromatic N) is 1. The van der Waals surface area contributed by atoms with Gasteiger partial charge in [0.15, 0.2) is 0 Å². The van der Waals surface area contributed by atoms with Crippen molar-refractivity contribution in [2.24, 2.45) is 5.84 Å². The summed E-state index contributed by atoms with van der Waals surface area (Å²) in [6, 6.07) is 12.3. The summed E-state index contributed by atoms with van der Waals surface area (Å²) in [4.78, 5) is 4.34. The van der Waals surface area contributed by atoms with Crippen molar-refractivity contribution in [3.63, 3.8) is 0 Å².